The lowest BCUT2D eigenvalue weighted by Gasteiger charge is -2.16. The number of carbonyl (C=O) groups excluding carboxylic acids is 1. The van der Waals surface area contributed by atoms with Crippen LogP contribution in [0.3, 0.4) is 0 Å². The first-order valence-electron chi connectivity index (χ1n) is 10.2. The highest BCUT2D eigenvalue weighted by Gasteiger charge is 2.48. The molecule has 2 N–H and O–H groups in total. The van der Waals surface area contributed by atoms with Crippen LogP contribution in [-0.2, 0) is 10.4 Å². The second kappa shape index (κ2) is 8.02. The number of anilines is 2. The zero-order valence-electron chi connectivity index (χ0n) is 17.9. The first-order valence-corrected chi connectivity index (χ1v) is 10.2. The molecule has 0 aliphatic carbocycles. The van der Waals surface area contributed by atoms with Crippen LogP contribution in [0.25, 0.3) is 22.8 Å². The van der Waals surface area contributed by atoms with Gasteiger partial charge in [0.25, 0.3) is 5.91 Å². The minimum Gasteiger partial charge on any atom is -0.373 e. The van der Waals surface area contributed by atoms with Gasteiger partial charge in [0.1, 0.15) is 17.3 Å². The van der Waals surface area contributed by atoms with Gasteiger partial charge in [0.15, 0.2) is 5.76 Å². The average Bonchev–Trinajstić information content (AvgIpc) is 3.42. The summed E-state index contributed by atoms with van der Waals surface area (Å²) in [6.07, 6.45) is 3.52. The van der Waals surface area contributed by atoms with E-state index in [1.54, 1.807) is 50.6 Å². The summed E-state index contributed by atoms with van der Waals surface area (Å²) in [5.74, 6) is 1.28. The van der Waals surface area contributed by atoms with Crippen molar-refractivity contribution in [3.05, 3.63) is 60.4 Å². The number of aryl methyl sites for hydroxylation is 1. The van der Waals surface area contributed by atoms with E-state index in [1.807, 2.05) is 12.1 Å². The number of carbonyl (C=O) groups is 1. The third-order valence-electron chi connectivity index (χ3n) is 5.37. The van der Waals surface area contributed by atoms with Gasteiger partial charge in [0, 0.05) is 38.5 Å². The Bertz CT molecular complexity index is 1340. The van der Waals surface area contributed by atoms with Crippen molar-refractivity contribution >= 4 is 17.7 Å². The maximum absolute atomic E-state index is 12.3. The highest BCUT2D eigenvalue weighted by molar-refractivity contribution is 5.87. The number of likely N-dealkylation sites (tertiary alicyclic amines) is 1. The minimum atomic E-state index is -1.70. The van der Waals surface area contributed by atoms with E-state index < -0.39 is 11.5 Å². The Hall–Kier alpha value is -4.25. The molecule has 1 atom stereocenters. The molecule has 1 saturated heterocycles. The van der Waals surface area contributed by atoms with Crippen LogP contribution in [0.5, 0.6) is 0 Å². The van der Waals surface area contributed by atoms with E-state index in [2.05, 4.69) is 35.4 Å². The van der Waals surface area contributed by atoms with Gasteiger partial charge in [-0.05, 0) is 31.2 Å². The van der Waals surface area contributed by atoms with Crippen LogP contribution >= 0.6 is 0 Å². The number of pyridine rings is 1. The SMILES string of the molecule is Cc1nccc(Nc2nccc(-c3cccc(-c4cc(C5(O)CCN(C)C5=O)on4)n3)n2)n1. The average molecular weight is 444 g/mol. The van der Waals surface area contributed by atoms with Crippen molar-refractivity contribution in [3.8, 4) is 22.8 Å². The van der Waals surface area contributed by atoms with Gasteiger partial charge in [-0.25, -0.2) is 24.9 Å². The standard InChI is InChI=1S/C22H20N8O3/c1-13-23-10-7-19(25-13)28-21-24-9-6-16(27-21)14-4-3-5-15(26-14)17-12-18(33-29-17)22(32)8-11-30(2)20(22)31/h3-7,9-10,12,32H,8,11H2,1-2H3,(H,23,24,25,27,28). The molecule has 0 radical (unpaired) electrons. The fourth-order valence-electron chi connectivity index (χ4n) is 3.60. The molecule has 1 aliphatic heterocycles. The predicted molar refractivity (Wildman–Crippen MR) is 117 cm³/mol. The maximum atomic E-state index is 12.3. The molecule has 0 saturated carbocycles. The van der Waals surface area contributed by atoms with Gasteiger partial charge < -0.3 is 19.8 Å². The van der Waals surface area contributed by atoms with Gasteiger partial charge >= 0.3 is 0 Å². The van der Waals surface area contributed by atoms with Crippen molar-refractivity contribution in [2.45, 2.75) is 18.9 Å². The number of aliphatic hydroxyl groups is 1. The summed E-state index contributed by atoms with van der Waals surface area (Å²) in [5.41, 5.74) is 0.409. The maximum Gasteiger partial charge on any atom is 0.262 e. The monoisotopic (exact) mass is 444 g/mol. The molecule has 0 aromatic carbocycles. The molecule has 1 unspecified atom stereocenters. The highest BCUT2D eigenvalue weighted by atomic mass is 16.5. The van der Waals surface area contributed by atoms with Crippen molar-refractivity contribution in [3.63, 3.8) is 0 Å². The lowest BCUT2D eigenvalue weighted by atomic mass is 9.98. The van der Waals surface area contributed by atoms with Crippen molar-refractivity contribution in [2.75, 3.05) is 18.9 Å². The molecule has 0 bridgehead atoms. The molecular formula is C22H20N8O3. The van der Waals surface area contributed by atoms with Crippen molar-refractivity contribution in [1.82, 2.24) is 35.0 Å². The molecule has 166 valence electrons. The van der Waals surface area contributed by atoms with Crippen LogP contribution in [-0.4, -0.2) is 59.6 Å². The van der Waals surface area contributed by atoms with Gasteiger partial charge in [-0.15, -0.1) is 0 Å². The molecular weight excluding hydrogens is 424 g/mol. The van der Waals surface area contributed by atoms with Gasteiger partial charge in [0.05, 0.1) is 17.1 Å². The van der Waals surface area contributed by atoms with Gasteiger partial charge in [0.2, 0.25) is 11.5 Å². The van der Waals surface area contributed by atoms with Crippen LogP contribution in [0.2, 0.25) is 0 Å². The van der Waals surface area contributed by atoms with Crippen LogP contribution in [0.1, 0.15) is 18.0 Å². The largest absolute Gasteiger partial charge is 0.373 e. The molecule has 1 fully saturated rings. The Kier molecular flexibility index (Phi) is 5.02. The summed E-state index contributed by atoms with van der Waals surface area (Å²) >= 11 is 0. The van der Waals surface area contributed by atoms with Crippen molar-refractivity contribution < 1.29 is 14.4 Å². The molecule has 4 aromatic heterocycles. The summed E-state index contributed by atoms with van der Waals surface area (Å²) in [4.78, 5) is 35.6. The number of likely N-dealkylation sites (N-methyl/N-ethyl adjacent to an activating group) is 1. The molecule has 4 aromatic rings. The zero-order valence-corrected chi connectivity index (χ0v) is 17.9. The molecule has 0 spiro atoms. The first kappa shape index (κ1) is 20.6. The van der Waals surface area contributed by atoms with Crippen molar-refractivity contribution in [1.29, 1.82) is 0 Å². The summed E-state index contributed by atoms with van der Waals surface area (Å²) in [6.45, 7) is 2.24. The van der Waals surface area contributed by atoms with Gasteiger partial charge in [-0.3, -0.25) is 4.79 Å². The molecule has 33 heavy (non-hydrogen) atoms. The van der Waals surface area contributed by atoms with Crippen LogP contribution in [0.4, 0.5) is 11.8 Å². The highest BCUT2D eigenvalue weighted by Crippen LogP contribution is 2.34. The lowest BCUT2D eigenvalue weighted by Crippen LogP contribution is -2.35. The fourth-order valence-corrected chi connectivity index (χ4v) is 3.60. The number of hydrogen-bond donors (Lipinski definition) is 2. The molecule has 5 heterocycles. The number of hydrogen-bond acceptors (Lipinski definition) is 10. The van der Waals surface area contributed by atoms with Crippen molar-refractivity contribution in [2.24, 2.45) is 0 Å². The van der Waals surface area contributed by atoms with Crippen LogP contribution in [0, 0.1) is 6.92 Å². The zero-order chi connectivity index (χ0) is 23.0. The minimum absolute atomic E-state index is 0.104. The van der Waals surface area contributed by atoms with E-state index in [1.165, 1.54) is 4.90 Å². The molecule has 1 amide bonds. The Morgan fingerprint density at radius 1 is 1.03 bits per heavy atom. The first-order chi connectivity index (χ1) is 15.9. The quantitative estimate of drug-likeness (QED) is 0.469. The fraction of sp³-hybridized carbons (Fsp3) is 0.227. The number of amides is 1. The summed E-state index contributed by atoms with van der Waals surface area (Å²) in [5, 5.41) is 17.9. The second-order valence-electron chi connectivity index (χ2n) is 7.70. The smallest absolute Gasteiger partial charge is 0.262 e. The summed E-state index contributed by atoms with van der Waals surface area (Å²) in [7, 11) is 1.64. The Balaban J connectivity index is 1.42. The third-order valence-corrected chi connectivity index (χ3v) is 5.37. The topological polar surface area (TPSA) is 143 Å². The predicted octanol–water partition coefficient (Wildman–Crippen LogP) is 2.09. The number of aromatic nitrogens is 6. The normalized spacial score (nSPS) is 18.0. The van der Waals surface area contributed by atoms with E-state index in [4.69, 9.17) is 4.52 Å². The van der Waals surface area contributed by atoms with Gasteiger partial charge in [-0.1, -0.05) is 11.2 Å². The van der Waals surface area contributed by atoms with Crippen LogP contribution < -0.4 is 5.32 Å². The number of rotatable bonds is 5. The molecule has 1 aliphatic rings. The Morgan fingerprint density at radius 3 is 2.55 bits per heavy atom. The Labute approximate surface area is 188 Å². The number of nitrogens with zero attached hydrogens (tertiary/aromatic N) is 7. The van der Waals surface area contributed by atoms with E-state index in [0.717, 1.165) is 0 Å². The third kappa shape index (κ3) is 3.89. The lowest BCUT2D eigenvalue weighted by molar-refractivity contribution is -0.144. The second-order valence-corrected chi connectivity index (χ2v) is 7.70. The van der Waals surface area contributed by atoms with E-state index in [0.29, 0.717) is 46.9 Å². The van der Waals surface area contributed by atoms with E-state index in [9.17, 15) is 9.90 Å². The number of nitrogens with one attached hydrogen (secondary N) is 1. The summed E-state index contributed by atoms with van der Waals surface area (Å²) < 4.78 is 5.33. The molecule has 5 rings (SSSR count). The van der Waals surface area contributed by atoms with Crippen LogP contribution in [0.15, 0.2) is 53.3 Å². The summed E-state index contributed by atoms with van der Waals surface area (Å²) in [6, 6.07) is 10.4. The van der Waals surface area contributed by atoms with E-state index in [-0.39, 0.29) is 12.2 Å². The van der Waals surface area contributed by atoms with E-state index >= 15 is 0 Å². The van der Waals surface area contributed by atoms with Gasteiger partial charge in [-0.2, -0.15) is 0 Å². The molecule has 11 heteroatoms. The Morgan fingerprint density at radius 2 is 1.79 bits per heavy atom. The molecule has 11 nitrogen and oxygen atoms in total.